The van der Waals surface area contributed by atoms with E-state index in [1.807, 2.05) is 47.8 Å². The first kappa shape index (κ1) is 24.4. The van der Waals surface area contributed by atoms with Gasteiger partial charge in [-0.3, -0.25) is 9.59 Å². The quantitative estimate of drug-likeness (QED) is 0.322. The predicted molar refractivity (Wildman–Crippen MR) is 143 cm³/mol. The summed E-state index contributed by atoms with van der Waals surface area (Å²) in [5, 5.41) is 4.98. The van der Waals surface area contributed by atoms with E-state index < -0.39 is 12.0 Å². The largest absolute Gasteiger partial charge is 0.493 e. The number of fused-ring (bicyclic) bond motifs is 1. The van der Waals surface area contributed by atoms with E-state index in [1.54, 1.807) is 48.3 Å². The number of nitrogens with one attached hydrogen (secondary N) is 1. The van der Waals surface area contributed by atoms with E-state index in [0.29, 0.717) is 34.1 Å². The molecule has 37 heavy (non-hydrogen) atoms. The van der Waals surface area contributed by atoms with Crippen molar-refractivity contribution in [1.29, 1.82) is 0 Å². The summed E-state index contributed by atoms with van der Waals surface area (Å²) in [5.74, 6) is 1.20. The SMILES string of the molecule is COc1cc2c(cc1OC)[C@@H](C(=O)Nc1ccc(Oc3ccccc3)cc1)[C@H](c1cccs1)N(C)C2=O. The predicted octanol–water partition coefficient (Wildman–Crippen LogP) is 6.11. The van der Waals surface area contributed by atoms with Crippen LogP contribution in [-0.2, 0) is 4.79 Å². The molecule has 0 saturated heterocycles. The minimum Gasteiger partial charge on any atom is -0.493 e. The van der Waals surface area contributed by atoms with Gasteiger partial charge in [0.15, 0.2) is 11.5 Å². The number of amides is 2. The summed E-state index contributed by atoms with van der Waals surface area (Å²) in [6, 6.07) is 23.5. The van der Waals surface area contributed by atoms with Gasteiger partial charge in [0.05, 0.1) is 26.2 Å². The van der Waals surface area contributed by atoms with Gasteiger partial charge >= 0.3 is 0 Å². The lowest BCUT2D eigenvalue weighted by molar-refractivity contribution is -0.119. The molecule has 8 heteroatoms. The van der Waals surface area contributed by atoms with Crippen molar-refractivity contribution < 1.29 is 23.8 Å². The maximum atomic E-state index is 13.9. The lowest BCUT2D eigenvalue weighted by Crippen LogP contribution is -2.43. The Kier molecular flexibility index (Phi) is 6.83. The van der Waals surface area contributed by atoms with Crippen molar-refractivity contribution in [2.24, 2.45) is 0 Å². The first-order valence-electron chi connectivity index (χ1n) is 11.7. The average Bonchev–Trinajstić information content (AvgIpc) is 3.46. The number of thiophene rings is 1. The third-order valence-electron chi connectivity index (χ3n) is 6.39. The van der Waals surface area contributed by atoms with Gasteiger partial charge in [0.1, 0.15) is 11.5 Å². The molecule has 0 radical (unpaired) electrons. The molecule has 0 saturated carbocycles. The summed E-state index contributed by atoms with van der Waals surface area (Å²) in [6.45, 7) is 0. The molecule has 0 unspecified atom stereocenters. The van der Waals surface area contributed by atoms with E-state index in [0.717, 1.165) is 10.6 Å². The zero-order valence-corrected chi connectivity index (χ0v) is 21.5. The smallest absolute Gasteiger partial charge is 0.254 e. The monoisotopic (exact) mass is 514 g/mol. The number of methoxy groups -OCH3 is 2. The van der Waals surface area contributed by atoms with Crippen molar-refractivity contribution in [1.82, 2.24) is 4.90 Å². The molecular formula is C29H26N2O5S. The Morgan fingerprint density at radius 2 is 1.57 bits per heavy atom. The number of likely N-dealkylation sites (N-methyl/N-ethyl adjacent to an activating group) is 1. The molecular weight excluding hydrogens is 488 g/mol. The molecule has 188 valence electrons. The Morgan fingerprint density at radius 1 is 0.892 bits per heavy atom. The Balaban J connectivity index is 1.49. The van der Waals surface area contributed by atoms with Crippen molar-refractivity contribution >= 4 is 28.8 Å². The van der Waals surface area contributed by atoms with Crippen LogP contribution in [0.2, 0.25) is 0 Å². The van der Waals surface area contributed by atoms with Crippen LogP contribution in [0.4, 0.5) is 5.69 Å². The summed E-state index contributed by atoms with van der Waals surface area (Å²) in [6.07, 6.45) is 0. The molecule has 2 heterocycles. The zero-order valence-electron chi connectivity index (χ0n) is 20.6. The summed E-state index contributed by atoms with van der Waals surface area (Å²) in [7, 11) is 4.78. The highest BCUT2D eigenvalue weighted by atomic mass is 32.1. The second-order valence-corrected chi connectivity index (χ2v) is 9.56. The van der Waals surface area contributed by atoms with Crippen molar-refractivity contribution in [2.45, 2.75) is 12.0 Å². The van der Waals surface area contributed by atoms with Crippen molar-refractivity contribution in [3.63, 3.8) is 0 Å². The minimum absolute atomic E-state index is 0.180. The normalized spacial score (nSPS) is 16.6. The van der Waals surface area contributed by atoms with Gasteiger partial charge in [-0.05, 0) is 65.5 Å². The van der Waals surface area contributed by atoms with E-state index in [-0.39, 0.29) is 11.8 Å². The number of carbonyl (C=O) groups is 2. The number of benzene rings is 3. The number of hydrogen-bond donors (Lipinski definition) is 1. The van der Waals surface area contributed by atoms with Gasteiger partial charge in [0.2, 0.25) is 5.91 Å². The van der Waals surface area contributed by atoms with Crippen LogP contribution in [0.3, 0.4) is 0 Å². The third-order valence-corrected chi connectivity index (χ3v) is 7.34. The Bertz CT molecular complexity index is 1400. The van der Waals surface area contributed by atoms with Gasteiger partial charge in [-0.1, -0.05) is 24.3 Å². The molecule has 2 atom stereocenters. The summed E-state index contributed by atoms with van der Waals surface area (Å²) in [5.41, 5.74) is 1.64. The summed E-state index contributed by atoms with van der Waals surface area (Å²) >= 11 is 1.51. The zero-order chi connectivity index (χ0) is 25.9. The lowest BCUT2D eigenvalue weighted by atomic mass is 9.81. The van der Waals surface area contributed by atoms with Crippen LogP contribution in [0.5, 0.6) is 23.0 Å². The molecule has 0 aliphatic carbocycles. The number of anilines is 1. The number of rotatable bonds is 7. The van der Waals surface area contributed by atoms with Gasteiger partial charge in [-0.2, -0.15) is 0 Å². The van der Waals surface area contributed by atoms with Crippen LogP contribution in [0, 0.1) is 0 Å². The van der Waals surface area contributed by atoms with Crippen LogP contribution in [0.1, 0.15) is 32.8 Å². The van der Waals surface area contributed by atoms with Crippen LogP contribution >= 0.6 is 11.3 Å². The van der Waals surface area contributed by atoms with Gasteiger partial charge in [0.25, 0.3) is 5.91 Å². The molecule has 1 N–H and O–H groups in total. The lowest BCUT2D eigenvalue weighted by Gasteiger charge is -2.39. The van der Waals surface area contributed by atoms with E-state index in [4.69, 9.17) is 14.2 Å². The van der Waals surface area contributed by atoms with Crippen molar-refractivity contribution in [2.75, 3.05) is 26.6 Å². The van der Waals surface area contributed by atoms with Gasteiger partial charge in [0, 0.05) is 23.2 Å². The van der Waals surface area contributed by atoms with E-state index in [1.165, 1.54) is 25.6 Å². The van der Waals surface area contributed by atoms with Gasteiger partial charge < -0.3 is 24.4 Å². The van der Waals surface area contributed by atoms with Crippen LogP contribution in [-0.4, -0.2) is 38.0 Å². The van der Waals surface area contributed by atoms with Crippen LogP contribution in [0.25, 0.3) is 0 Å². The van der Waals surface area contributed by atoms with Crippen molar-refractivity contribution in [3.05, 3.63) is 100 Å². The fourth-order valence-electron chi connectivity index (χ4n) is 4.60. The molecule has 3 aromatic carbocycles. The number of carbonyl (C=O) groups excluding carboxylic acids is 2. The third kappa shape index (κ3) is 4.75. The molecule has 4 aromatic rings. The number of para-hydroxylation sites is 1. The number of hydrogen-bond acceptors (Lipinski definition) is 6. The first-order chi connectivity index (χ1) is 18.0. The van der Waals surface area contributed by atoms with Gasteiger partial charge in [-0.15, -0.1) is 11.3 Å². The Hall–Kier alpha value is -4.30. The maximum Gasteiger partial charge on any atom is 0.254 e. The highest BCUT2D eigenvalue weighted by Crippen LogP contribution is 2.47. The molecule has 1 aliphatic rings. The standard InChI is InChI=1S/C29H26N2O5S/c1-31-27(25-10-7-15-37-25)26(21-16-23(34-2)24(35-3)17-22(21)29(31)33)28(32)30-18-11-13-20(14-12-18)36-19-8-5-4-6-9-19/h4-17,26-27H,1-3H3,(H,30,32)/t26-,27+/m1/s1. The summed E-state index contributed by atoms with van der Waals surface area (Å²) in [4.78, 5) is 29.8. The molecule has 0 spiro atoms. The summed E-state index contributed by atoms with van der Waals surface area (Å²) < 4.78 is 16.8. The molecule has 7 nitrogen and oxygen atoms in total. The van der Waals surface area contributed by atoms with E-state index >= 15 is 0 Å². The topological polar surface area (TPSA) is 77.1 Å². The number of nitrogens with zero attached hydrogens (tertiary/aromatic N) is 1. The molecule has 5 rings (SSSR count). The fraction of sp³-hybridized carbons (Fsp3) is 0.172. The fourth-order valence-corrected chi connectivity index (χ4v) is 5.50. The van der Waals surface area contributed by atoms with E-state index in [9.17, 15) is 9.59 Å². The molecule has 1 aromatic heterocycles. The second kappa shape index (κ2) is 10.4. The first-order valence-corrected chi connectivity index (χ1v) is 12.6. The highest BCUT2D eigenvalue weighted by molar-refractivity contribution is 7.10. The second-order valence-electron chi connectivity index (χ2n) is 8.58. The van der Waals surface area contributed by atoms with Crippen LogP contribution in [0.15, 0.2) is 84.2 Å². The maximum absolute atomic E-state index is 13.9. The molecule has 0 fully saturated rings. The number of ether oxygens (including phenoxy) is 3. The average molecular weight is 515 g/mol. The highest BCUT2D eigenvalue weighted by Gasteiger charge is 2.44. The molecule has 0 bridgehead atoms. The van der Waals surface area contributed by atoms with E-state index in [2.05, 4.69) is 5.32 Å². The Morgan fingerprint density at radius 3 is 2.22 bits per heavy atom. The Labute approximate surface area is 219 Å². The van der Waals surface area contributed by atoms with Crippen molar-refractivity contribution in [3.8, 4) is 23.0 Å². The minimum atomic E-state index is -0.670. The van der Waals surface area contributed by atoms with Gasteiger partial charge in [-0.25, -0.2) is 0 Å². The molecule has 2 amide bonds. The van der Waals surface area contributed by atoms with Crippen LogP contribution < -0.4 is 19.5 Å². The molecule has 1 aliphatic heterocycles.